The van der Waals surface area contributed by atoms with Gasteiger partial charge in [0.15, 0.2) is 11.5 Å². The van der Waals surface area contributed by atoms with E-state index in [-0.39, 0.29) is 16.4 Å². The number of hydrogen-bond acceptors (Lipinski definition) is 5. The lowest BCUT2D eigenvalue weighted by molar-refractivity contribution is 0.0687. The van der Waals surface area contributed by atoms with Crippen LogP contribution in [0, 0.1) is 0 Å². The van der Waals surface area contributed by atoms with E-state index in [1.54, 1.807) is 6.20 Å². The molecule has 3 aromatic heterocycles. The lowest BCUT2D eigenvalue weighted by Gasteiger charge is -1.89. The molecule has 1 N–H and O–H groups in total. The van der Waals surface area contributed by atoms with Gasteiger partial charge < -0.3 is 9.51 Å². The first kappa shape index (κ1) is 12.5. The maximum Gasteiger partial charge on any atom is 0.356 e. The van der Waals surface area contributed by atoms with Gasteiger partial charge in [-0.2, -0.15) is 0 Å². The van der Waals surface area contributed by atoms with E-state index in [4.69, 9.17) is 5.11 Å². The van der Waals surface area contributed by atoms with Crippen molar-refractivity contribution in [3.63, 3.8) is 0 Å². The number of pyridine rings is 1. The molecule has 0 saturated heterocycles. The number of thiazole rings is 1. The molecule has 0 spiro atoms. The highest BCUT2D eigenvalue weighted by Gasteiger charge is 2.22. The van der Waals surface area contributed by atoms with E-state index >= 15 is 0 Å². The van der Waals surface area contributed by atoms with E-state index in [1.165, 1.54) is 6.92 Å². The Morgan fingerprint density at radius 1 is 1.30 bits per heavy atom. The van der Waals surface area contributed by atoms with E-state index in [0.717, 1.165) is 17.0 Å². The van der Waals surface area contributed by atoms with Crippen molar-refractivity contribution in [1.29, 1.82) is 0 Å². The standard InChI is InChI=1S/C13H9N3O3S/c1-7(17)11-10(13(18)19)15-12(20-11)8-6-16-5-3-2-4-9(16)14-8/h2-6H,1H3,(H,18,19). The molecule has 3 rings (SSSR count). The summed E-state index contributed by atoms with van der Waals surface area (Å²) in [4.78, 5) is 31.1. The first-order valence-corrected chi connectivity index (χ1v) is 6.57. The zero-order valence-electron chi connectivity index (χ0n) is 10.4. The van der Waals surface area contributed by atoms with Crippen LogP contribution in [0.5, 0.6) is 0 Å². The third-order valence-electron chi connectivity index (χ3n) is 2.73. The monoisotopic (exact) mass is 287 g/mol. The van der Waals surface area contributed by atoms with Gasteiger partial charge in [0, 0.05) is 19.3 Å². The van der Waals surface area contributed by atoms with E-state index in [2.05, 4.69) is 9.97 Å². The summed E-state index contributed by atoms with van der Waals surface area (Å²) in [7, 11) is 0. The lowest BCUT2D eigenvalue weighted by atomic mass is 10.3. The molecule has 0 bridgehead atoms. The van der Waals surface area contributed by atoms with E-state index in [9.17, 15) is 9.59 Å². The Morgan fingerprint density at radius 2 is 2.10 bits per heavy atom. The summed E-state index contributed by atoms with van der Waals surface area (Å²) in [6, 6.07) is 5.56. The van der Waals surface area contributed by atoms with Gasteiger partial charge in [-0.25, -0.2) is 14.8 Å². The van der Waals surface area contributed by atoms with Gasteiger partial charge in [0.25, 0.3) is 0 Å². The minimum Gasteiger partial charge on any atom is -0.476 e. The van der Waals surface area contributed by atoms with Gasteiger partial charge in [0.05, 0.1) is 0 Å². The molecule has 0 amide bonds. The van der Waals surface area contributed by atoms with Crippen molar-refractivity contribution in [1.82, 2.24) is 14.4 Å². The van der Waals surface area contributed by atoms with Crippen LogP contribution >= 0.6 is 11.3 Å². The fourth-order valence-electron chi connectivity index (χ4n) is 1.85. The molecule has 0 fully saturated rings. The summed E-state index contributed by atoms with van der Waals surface area (Å²) >= 11 is 1.05. The molecule has 0 aliphatic carbocycles. The molecular weight excluding hydrogens is 278 g/mol. The summed E-state index contributed by atoms with van der Waals surface area (Å²) in [5, 5.41) is 9.51. The first-order chi connectivity index (χ1) is 9.56. The van der Waals surface area contributed by atoms with E-state index in [1.807, 2.05) is 28.8 Å². The highest BCUT2D eigenvalue weighted by Crippen LogP contribution is 2.28. The highest BCUT2D eigenvalue weighted by atomic mass is 32.1. The number of ketones is 1. The third-order valence-corrected chi connectivity index (χ3v) is 3.91. The second-order valence-corrected chi connectivity index (χ2v) is 5.15. The number of carbonyl (C=O) groups excluding carboxylic acids is 1. The second kappa shape index (κ2) is 4.53. The SMILES string of the molecule is CC(=O)c1sc(-c2cn3ccccc3n2)nc1C(=O)O. The Balaban J connectivity index is 2.16. The van der Waals surface area contributed by atoms with Gasteiger partial charge in [0.1, 0.15) is 21.2 Å². The Hall–Kier alpha value is -2.54. The third kappa shape index (κ3) is 1.97. The Kier molecular flexibility index (Phi) is 2.83. The predicted molar refractivity (Wildman–Crippen MR) is 73.3 cm³/mol. The normalized spacial score (nSPS) is 10.8. The number of nitrogens with zero attached hydrogens (tertiary/aromatic N) is 3. The van der Waals surface area contributed by atoms with Crippen molar-refractivity contribution in [3.05, 3.63) is 41.2 Å². The van der Waals surface area contributed by atoms with Crippen LogP contribution in [0.1, 0.15) is 27.1 Å². The summed E-state index contributed by atoms with van der Waals surface area (Å²) in [5.74, 6) is -1.52. The molecule has 0 aliphatic rings. The molecule has 0 saturated carbocycles. The quantitative estimate of drug-likeness (QED) is 0.747. The summed E-state index contributed by atoms with van der Waals surface area (Å²) in [6.45, 7) is 1.33. The van der Waals surface area contributed by atoms with Crippen molar-refractivity contribution in [3.8, 4) is 10.7 Å². The van der Waals surface area contributed by atoms with Gasteiger partial charge in [0.2, 0.25) is 0 Å². The topological polar surface area (TPSA) is 84.6 Å². The summed E-state index contributed by atoms with van der Waals surface area (Å²) in [5.41, 5.74) is 1.07. The fourth-order valence-corrected chi connectivity index (χ4v) is 2.76. The Morgan fingerprint density at radius 3 is 2.70 bits per heavy atom. The average molecular weight is 287 g/mol. The van der Waals surface area contributed by atoms with Crippen LogP contribution in [0.2, 0.25) is 0 Å². The van der Waals surface area contributed by atoms with Gasteiger partial charge in [-0.3, -0.25) is 4.79 Å². The van der Waals surface area contributed by atoms with Crippen molar-refractivity contribution in [2.45, 2.75) is 6.92 Å². The van der Waals surface area contributed by atoms with Crippen molar-refractivity contribution >= 4 is 28.7 Å². The van der Waals surface area contributed by atoms with E-state index in [0.29, 0.717) is 10.7 Å². The molecule has 0 radical (unpaired) electrons. The summed E-state index contributed by atoms with van der Waals surface area (Å²) in [6.07, 6.45) is 3.59. The largest absolute Gasteiger partial charge is 0.476 e. The van der Waals surface area contributed by atoms with Crippen LogP contribution in [0.15, 0.2) is 30.6 Å². The number of Topliss-reactive ketones (excluding diaryl/α,β-unsaturated/α-hetero) is 1. The second-order valence-electron chi connectivity index (χ2n) is 4.15. The van der Waals surface area contributed by atoms with Gasteiger partial charge in [-0.05, 0) is 12.1 Å². The smallest absolute Gasteiger partial charge is 0.356 e. The number of hydrogen-bond donors (Lipinski definition) is 1. The molecule has 6 nitrogen and oxygen atoms in total. The Bertz CT molecular complexity index is 770. The maximum absolute atomic E-state index is 11.5. The summed E-state index contributed by atoms with van der Waals surface area (Å²) < 4.78 is 1.81. The number of aromatic carboxylic acids is 1. The molecule has 0 atom stereocenters. The number of aromatic nitrogens is 3. The number of rotatable bonds is 3. The van der Waals surface area contributed by atoms with Gasteiger partial charge in [-0.15, -0.1) is 11.3 Å². The molecule has 0 aliphatic heterocycles. The average Bonchev–Trinajstić information content (AvgIpc) is 3.02. The number of imidazole rings is 1. The number of carboxylic acid groups (broad SMARTS) is 1. The minimum atomic E-state index is -1.21. The molecule has 0 aromatic carbocycles. The van der Waals surface area contributed by atoms with Crippen molar-refractivity contribution in [2.75, 3.05) is 0 Å². The van der Waals surface area contributed by atoms with Crippen LogP contribution in [0.4, 0.5) is 0 Å². The molecule has 100 valence electrons. The molecule has 3 aromatic rings. The molecule has 0 unspecified atom stereocenters. The van der Waals surface area contributed by atoms with Crippen LogP contribution in [-0.4, -0.2) is 31.2 Å². The minimum absolute atomic E-state index is 0.143. The Labute approximate surface area is 117 Å². The van der Waals surface area contributed by atoms with Crippen LogP contribution < -0.4 is 0 Å². The van der Waals surface area contributed by atoms with Gasteiger partial charge in [-0.1, -0.05) is 6.07 Å². The lowest BCUT2D eigenvalue weighted by Crippen LogP contribution is -2.03. The highest BCUT2D eigenvalue weighted by molar-refractivity contribution is 7.17. The number of carbonyl (C=O) groups is 2. The van der Waals surface area contributed by atoms with Crippen LogP contribution in [0.25, 0.3) is 16.3 Å². The zero-order valence-corrected chi connectivity index (χ0v) is 11.2. The van der Waals surface area contributed by atoms with E-state index < -0.39 is 5.97 Å². The van der Waals surface area contributed by atoms with Gasteiger partial charge >= 0.3 is 5.97 Å². The molecular formula is C13H9N3O3S. The van der Waals surface area contributed by atoms with Crippen molar-refractivity contribution < 1.29 is 14.7 Å². The number of fused-ring (bicyclic) bond motifs is 1. The number of carboxylic acids is 1. The van der Waals surface area contributed by atoms with Crippen LogP contribution in [0.3, 0.4) is 0 Å². The fraction of sp³-hybridized carbons (Fsp3) is 0.0769. The maximum atomic E-state index is 11.5. The predicted octanol–water partition coefficient (Wildman–Crippen LogP) is 2.36. The molecule has 20 heavy (non-hydrogen) atoms. The molecule has 3 heterocycles. The first-order valence-electron chi connectivity index (χ1n) is 5.75. The molecule has 7 heteroatoms. The van der Waals surface area contributed by atoms with Crippen LogP contribution in [-0.2, 0) is 0 Å². The zero-order chi connectivity index (χ0) is 14.3. The van der Waals surface area contributed by atoms with Crippen molar-refractivity contribution in [2.24, 2.45) is 0 Å².